The van der Waals surface area contributed by atoms with Crippen molar-refractivity contribution in [1.82, 2.24) is 0 Å². The first-order valence-corrected chi connectivity index (χ1v) is 16.9. The number of hydrogen-bond acceptors (Lipinski definition) is 2. The van der Waals surface area contributed by atoms with Crippen molar-refractivity contribution in [2.45, 2.75) is 60.8 Å². The molecule has 0 fully saturated rings. The summed E-state index contributed by atoms with van der Waals surface area (Å²) in [4.78, 5) is 4.79. The van der Waals surface area contributed by atoms with E-state index >= 15 is 0 Å². The van der Waals surface area contributed by atoms with E-state index in [0.29, 0.717) is 0 Å². The second-order valence-electron chi connectivity index (χ2n) is 12.9. The summed E-state index contributed by atoms with van der Waals surface area (Å²) in [6, 6.07) is 48.7. The van der Waals surface area contributed by atoms with Crippen LogP contribution in [0.15, 0.2) is 133 Å². The maximum absolute atomic E-state index is 2.41. The maximum Gasteiger partial charge on any atom is 0.0520 e. The quantitative estimate of drug-likeness (QED) is 0.151. The van der Waals surface area contributed by atoms with E-state index in [4.69, 9.17) is 0 Å². The van der Waals surface area contributed by atoms with Gasteiger partial charge in [-0.1, -0.05) is 104 Å². The van der Waals surface area contributed by atoms with Gasteiger partial charge >= 0.3 is 0 Å². The molecular weight excluding hydrogens is 569 g/mol. The highest BCUT2D eigenvalue weighted by atomic mass is 15.2. The molecule has 0 aromatic heterocycles. The lowest BCUT2D eigenvalue weighted by atomic mass is 9.98. The van der Waals surface area contributed by atoms with Crippen LogP contribution in [0.2, 0.25) is 0 Å². The van der Waals surface area contributed by atoms with Gasteiger partial charge in [-0.05, 0) is 135 Å². The van der Waals surface area contributed by atoms with Gasteiger partial charge in [-0.25, -0.2) is 0 Å². The van der Waals surface area contributed by atoms with Crippen LogP contribution in [0.25, 0.3) is 11.1 Å². The van der Waals surface area contributed by atoms with E-state index in [2.05, 4.69) is 185 Å². The van der Waals surface area contributed by atoms with Gasteiger partial charge in [0.2, 0.25) is 0 Å². The van der Waals surface area contributed by atoms with Gasteiger partial charge < -0.3 is 9.80 Å². The van der Waals surface area contributed by atoms with Crippen molar-refractivity contribution in [3.05, 3.63) is 167 Å². The van der Waals surface area contributed by atoms with Crippen LogP contribution < -0.4 is 9.80 Å². The highest BCUT2D eigenvalue weighted by Crippen LogP contribution is 2.42. The minimum absolute atomic E-state index is 1.13. The predicted octanol–water partition coefficient (Wildman–Crippen LogP) is 13.2. The molecule has 0 N–H and O–H groups in total. The number of hydrogen-bond donors (Lipinski definition) is 0. The van der Waals surface area contributed by atoms with Crippen molar-refractivity contribution in [2.75, 3.05) is 9.80 Å². The van der Waals surface area contributed by atoms with E-state index < -0.39 is 0 Å². The van der Waals surface area contributed by atoms with Crippen LogP contribution in [0.4, 0.5) is 34.1 Å². The zero-order valence-corrected chi connectivity index (χ0v) is 28.7. The predicted molar refractivity (Wildman–Crippen MR) is 204 cm³/mol. The monoisotopic (exact) mass is 614 g/mol. The molecule has 2 heteroatoms. The molecule has 0 bridgehead atoms. The Morgan fingerprint density at radius 1 is 0.426 bits per heavy atom. The number of aryl methyl sites for hydroxylation is 6. The summed E-state index contributed by atoms with van der Waals surface area (Å²) in [5.41, 5.74) is 17.4. The summed E-state index contributed by atoms with van der Waals surface area (Å²) in [6.07, 6.45) is 3.56. The Morgan fingerprint density at radius 2 is 0.787 bits per heavy atom. The summed E-state index contributed by atoms with van der Waals surface area (Å²) in [7, 11) is 0. The Hall–Kier alpha value is -5.08. The molecule has 6 aromatic rings. The molecule has 6 rings (SSSR count). The Balaban J connectivity index is 1.35. The maximum atomic E-state index is 2.41. The third-order valence-electron chi connectivity index (χ3n) is 9.07. The number of benzene rings is 6. The number of nitrogens with zero attached hydrogens (tertiary/aromatic N) is 2. The minimum atomic E-state index is 1.13. The van der Waals surface area contributed by atoms with E-state index in [-0.39, 0.29) is 0 Å². The first kappa shape index (κ1) is 31.9. The Bertz CT molecular complexity index is 1890. The Kier molecular flexibility index (Phi) is 9.59. The molecule has 0 aliphatic heterocycles. The van der Waals surface area contributed by atoms with Crippen LogP contribution in [0.5, 0.6) is 0 Å². The second-order valence-corrected chi connectivity index (χ2v) is 12.9. The molecular formula is C45H46N2. The van der Waals surface area contributed by atoms with E-state index in [9.17, 15) is 0 Å². The van der Waals surface area contributed by atoms with Crippen molar-refractivity contribution in [3.8, 4) is 11.1 Å². The number of unbranched alkanes of at least 4 members (excludes halogenated alkanes) is 1. The van der Waals surface area contributed by atoms with Gasteiger partial charge in [-0.3, -0.25) is 0 Å². The SMILES string of the molecule is CCCCc1cc(C)c(N(c2ccccc2)c2ccc(-c3ccc(N(c4ccccc4)c4c(C)cc(C)cc4C)cc3)cc2)c(C)c1. The normalized spacial score (nSPS) is 11.0. The van der Waals surface area contributed by atoms with Crippen molar-refractivity contribution in [1.29, 1.82) is 0 Å². The van der Waals surface area contributed by atoms with Crippen LogP contribution in [-0.2, 0) is 6.42 Å². The fraction of sp³-hybridized carbons (Fsp3) is 0.200. The van der Waals surface area contributed by atoms with Gasteiger partial charge in [0.05, 0.1) is 11.4 Å². The van der Waals surface area contributed by atoms with E-state index in [1.165, 1.54) is 74.4 Å². The van der Waals surface area contributed by atoms with E-state index in [0.717, 1.165) is 23.5 Å². The van der Waals surface area contributed by atoms with Crippen LogP contribution in [0.3, 0.4) is 0 Å². The molecule has 0 aliphatic carbocycles. The molecule has 0 saturated heterocycles. The summed E-state index contributed by atoms with van der Waals surface area (Å²) in [5.74, 6) is 0. The van der Waals surface area contributed by atoms with E-state index in [1.807, 2.05) is 0 Å². The molecule has 0 amide bonds. The molecule has 2 nitrogen and oxygen atoms in total. The Morgan fingerprint density at radius 3 is 1.17 bits per heavy atom. The van der Waals surface area contributed by atoms with Gasteiger partial charge in [0.25, 0.3) is 0 Å². The zero-order chi connectivity index (χ0) is 32.9. The summed E-state index contributed by atoms with van der Waals surface area (Å²) >= 11 is 0. The lowest BCUT2D eigenvalue weighted by molar-refractivity contribution is 0.794. The van der Waals surface area contributed by atoms with Crippen LogP contribution in [-0.4, -0.2) is 0 Å². The summed E-state index contributed by atoms with van der Waals surface area (Å²) in [6.45, 7) is 13.4. The first-order chi connectivity index (χ1) is 22.8. The summed E-state index contributed by atoms with van der Waals surface area (Å²) in [5, 5.41) is 0. The lowest BCUT2D eigenvalue weighted by Crippen LogP contribution is -2.13. The van der Waals surface area contributed by atoms with Gasteiger partial charge in [-0.2, -0.15) is 0 Å². The molecule has 0 heterocycles. The lowest BCUT2D eigenvalue weighted by Gasteiger charge is -2.29. The first-order valence-electron chi connectivity index (χ1n) is 16.9. The molecule has 47 heavy (non-hydrogen) atoms. The van der Waals surface area contributed by atoms with Crippen molar-refractivity contribution < 1.29 is 0 Å². The molecule has 236 valence electrons. The summed E-state index contributed by atoms with van der Waals surface area (Å²) < 4.78 is 0. The van der Waals surface area contributed by atoms with Crippen LogP contribution in [0, 0.1) is 34.6 Å². The Labute approximate surface area is 282 Å². The average molecular weight is 615 g/mol. The fourth-order valence-corrected chi connectivity index (χ4v) is 7.02. The van der Waals surface area contributed by atoms with Gasteiger partial charge in [-0.15, -0.1) is 0 Å². The molecule has 0 spiro atoms. The zero-order valence-electron chi connectivity index (χ0n) is 28.7. The smallest absolute Gasteiger partial charge is 0.0520 e. The average Bonchev–Trinajstić information content (AvgIpc) is 3.08. The largest absolute Gasteiger partial charge is 0.310 e. The van der Waals surface area contributed by atoms with Crippen LogP contribution >= 0.6 is 0 Å². The van der Waals surface area contributed by atoms with Crippen molar-refractivity contribution in [3.63, 3.8) is 0 Å². The highest BCUT2D eigenvalue weighted by Gasteiger charge is 2.19. The van der Waals surface area contributed by atoms with Gasteiger partial charge in [0, 0.05) is 22.7 Å². The van der Waals surface area contributed by atoms with Gasteiger partial charge in [0.15, 0.2) is 0 Å². The molecule has 0 unspecified atom stereocenters. The molecule has 6 aromatic carbocycles. The van der Waals surface area contributed by atoms with E-state index in [1.54, 1.807) is 0 Å². The van der Waals surface area contributed by atoms with Gasteiger partial charge in [0.1, 0.15) is 0 Å². The molecule has 0 aliphatic rings. The number of para-hydroxylation sites is 2. The molecule has 0 radical (unpaired) electrons. The number of anilines is 6. The number of rotatable bonds is 10. The van der Waals surface area contributed by atoms with Crippen LogP contribution in [0.1, 0.15) is 53.1 Å². The molecule has 0 atom stereocenters. The van der Waals surface area contributed by atoms with Crippen molar-refractivity contribution in [2.24, 2.45) is 0 Å². The van der Waals surface area contributed by atoms with Crippen molar-refractivity contribution >= 4 is 34.1 Å². The highest BCUT2D eigenvalue weighted by molar-refractivity contribution is 5.84. The standard InChI is InChI=1S/C45H46N2/c1-7-8-15-37-30-35(5)45(36(6)31-37)47(41-18-13-10-14-19-41)43-26-22-39(23-27-43)38-20-24-42(25-21-38)46(40-16-11-9-12-17-40)44-33(3)28-32(2)29-34(44)4/h9-14,16-31H,7-8,15H2,1-6H3. The molecule has 0 saturated carbocycles. The third-order valence-corrected chi connectivity index (χ3v) is 9.07. The topological polar surface area (TPSA) is 6.48 Å². The minimum Gasteiger partial charge on any atom is -0.310 e. The second kappa shape index (κ2) is 14.1. The fourth-order valence-electron chi connectivity index (χ4n) is 7.02. The third kappa shape index (κ3) is 6.88.